The highest BCUT2D eigenvalue weighted by Gasteiger charge is 2.30. The van der Waals surface area contributed by atoms with Crippen molar-refractivity contribution in [1.29, 1.82) is 0 Å². The predicted octanol–water partition coefficient (Wildman–Crippen LogP) is 3.06. The highest BCUT2D eigenvalue weighted by atomic mass is 15.1. The average molecular weight is 248 g/mol. The molecule has 1 aromatic rings. The van der Waals surface area contributed by atoms with Crippen molar-refractivity contribution in [2.24, 2.45) is 11.8 Å². The zero-order chi connectivity index (χ0) is 13.1. The minimum absolute atomic E-state index is 0.545. The van der Waals surface area contributed by atoms with Crippen molar-refractivity contribution in [1.82, 2.24) is 9.97 Å². The Bertz CT molecular complexity index is 405. The van der Waals surface area contributed by atoms with Gasteiger partial charge in [-0.25, -0.2) is 9.97 Å². The van der Waals surface area contributed by atoms with Crippen molar-refractivity contribution in [3.63, 3.8) is 0 Å². The summed E-state index contributed by atoms with van der Waals surface area (Å²) in [5, 5.41) is 6.87. The molecule has 0 aliphatic heterocycles. The van der Waals surface area contributed by atoms with Crippen LogP contribution < -0.4 is 10.6 Å². The third kappa shape index (κ3) is 2.57. The smallest absolute Gasteiger partial charge is 0.134 e. The molecule has 2 N–H and O–H groups in total. The number of nitrogens with one attached hydrogen (secondary N) is 2. The lowest BCUT2D eigenvalue weighted by Crippen LogP contribution is -2.25. The second-order valence-corrected chi connectivity index (χ2v) is 5.39. The van der Waals surface area contributed by atoms with Gasteiger partial charge in [0.1, 0.15) is 18.0 Å². The van der Waals surface area contributed by atoms with Crippen LogP contribution in [0.5, 0.6) is 0 Å². The van der Waals surface area contributed by atoms with Crippen LogP contribution in [-0.4, -0.2) is 22.6 Å². The molecule has 1 saturated carbocycles. The van der Waals surface area contributed by atoms with Gasteiger partial charge in [0.25, 0.3) is 0 Å². The summed E-state index contributed by atoms with van der Waals surface area (Å²) < 4.78 is 0. The molecule has 0 amide bonds. The molecular formula is C14H24N4. The molecule has 0 radical (unpaired) electrons. The molecule has 100 valence electrons. The first-order valence-corrected chi connectivity index (χ1v) is 6.95. The van der Waals surface area contributed by atoms with Crippen LogP contribution in [0.4, 0.5) is 11.6 Å². The molecule has 1 aliphatic carbocycles. The molecule has 0 saturated heterocycles. The fourth-order valence-corrected chi connectivity index (χ4v) is 2.69. The van der Waals surface area contributed by atoms with Crippen LogP contribution in [0.15, 0.2) is 6.33 Å². The maximum absolute atomic E-state index is 4.38. The van der Waals surface area contributed by atoms with Gasteiger partial charge in [-0.05, 0) is 38.5 Å². The van der Waals surface area contributed by atoms with E-state index in [4.69, 9.17) is 0 Å². The van der Waals surface area contributed by atoms with E-state index in [9.17, 15) is 0 Å². The highest BCUT2D eigenvalue weighted by molar-refractivity contribution is 5.56. The molecule has 4 nitrogen and oxygen atoms in total. The van der Waals surface area contributed by atoms with Crippen LogP contribution in [-0.2, 0) is 0 Å². The van der Waals surface area contributed by atoms with E-state index in [0.717, 1.165) is 29.7 Å². The largest absolute Gasteiger partial charge is 0.370 e. The fourth-order valence-electron chi connectivity index (χ4n) is 2.69. The first-order chi connectivity index (χ1) is 8.63. The van der Waals surface area contributed by atoms with Crippen molar-refractivity contribution in [2.75, 3.05) is 17.2 Å². The Hall–Kier alpha value is -1.32. The van der Waals surface area contributed by atoms with Gasteiger partial charge in [-0.1, -0.05) is 13.8 Å². The van der Waals surface area contributed by atoms with Gasteiger partial charge >= 0.3 is 0 Å². The molecule has 1 heterocycles. The lowest BCUT2D eigenvalue weighted by molar-refractivity contribution is 0.435. The number of anilines is 2. The monoisotopic (exact) mass is 248 g/mol. The fraction of sp³-hybridized carbons (Fsp3) is 0.714. The summed E-state index contributed by atoms with van der Waals surface area (Å²) in [6.07, 6.45) is 4.18. The number of rotatable bonds is 4. The third-order valence-corrected chi connectivity index (χ3v) is 4.22. The maximum atomic E-state index is 4.38. The Morgan fingerprint density at radius 3 is 2.56 bits per heavy atom. The van der Waals surface area contributed by atoms with Gasteiger partial charge in [0, 0.05) is 18.2 Å². The Balaban J connectivity index is 2.12. The minimum Gasteiger partial charge on any atom is -0.370 e. The summed E-state index contributed by atoms with van der Waals surface area (Å²) in [5.41, 5.74) is 1.12. The van der Waals surface area contributed by atoms with E-state index in [1.54, 1.807) is 6.33 Å². The second kappa shape index (κ2) is 5.55. The van der Waals surface area contributed by atoms with Gasteiger partial charge in [-0.3, -0.25) is 0 Å². The third-order valence-electron chi connectivity index (χ3n) is 4.22. The zero-order valence-electron chi connectivity index (χ0n) is 11.8. The van der Waals surface area contributed by atoms with E-state index in [1.165, 1.54) is 12.8 Å². The van der Waals surface area contributed by atoms with Crippen molar-refractivity contribution >= 4 is 11.6 Å². The molecule has 0 bridgehead atoms. The molecule has 0 aromatic carbocycles. The lowest BCUT2D eigenvalue weighted by atomic mass is 9.98. The molecule has 18 heavy (non-hydrogen) atoms. The number of hydrogen-bond acceptors (Lipinski definition) is 4. The van der Waals surface area contributed by atoms with Gasteiger partial charge in [0.2, 0.25) is 0 Å². The molecule has 4 heteroatoms. The van der Waals surface area contributed by atoms with E-state index >= 15 is 0 Å². The van der Waals surface area contributed by atoms with Gasteiger partial charge in [-0.2, -0.15) is 0 Å². The summed E-state index contributed by atoms with van der Waals surface area (Å²) in [4.78, 5) is 8.66. The summed E-state index contributed by atoms with van der Waals surface area (Å²) >= 11 is 0. The summed E-state index contributed by atoms with van der Waals surface area (Å²) in [5.74, 6) is 3.43. The summed E-state index contributed by atoms with van der Waals surface area (Å²) in [6, 6.07) is 0.545. The zero-order valence-corrected chi connectivity index (χ0v) is 11.8. The first-order valence-electron chi connectivity index (χ1n) is 6.95. The van der Waals surface area contributed by atoms with Crippen LogP contribution in [0, 0.1) is 18.8 Å². The average Bonchev–Trinajstić information content (AvgIpc) is 2.66. The Kier molecular flexibility index (Phi) is 4.04. The molecule has 3 atom stereocenters. The molecule has 3 unspecified atom stereocenters. The van der Waals surface area contributed by atoms with Gasteiger partial charge in [0.15, 0.2) is 0 Å². The summed E-state index contributed by atoms with van der Waals surface area (Å²) in [7, 11) is 0. The molecule has 1 aromatic heterocycles. The van der Waals surface area contributed by atoms with Crippen LogP contribution in [0.2, 0.25) is 0 Å². The summed E-state index contributed by atoms with van der Waals surface area (Å²) in [6.45, 7) is 9.70. The second-order valence-electron chi connectivity index (χ2n) is 5.39. The molecular weight excluding hydrogens is 224 g/mol. The first kappa shape index (κ1) is 13.1. The lowest BCUT2D eigenvalue weighted by Gasteiger charge is -2.21. The minimum atomic E-state index is 0.545. The van der Waals surface area contributed by atoms with Crippen molar-refractivity contribution in [3.8, 4) is 0 Å². The van der Waals surface area contributed by atoms with Gasteiger partial charge in [0.05, 0.1) is 0 Å². The molecule has 1 fully saturated rings. The SMILES string of the molecule is CCNc1ncnc(NC2CCC(C)C2C)c1C. The Morgan fingerprint density at radius 2 is 1.94 bits per heavy atom. The van der Waals surface area contributed by atoms with Crippen molar-refractivity contribution < 1.29 is 0 Å². The van der Waals surface area contributed by atoms with Crippen LogP contribution in [0.1, 0.15) is 39.2 Å². The Labute approximate surface area is 110 Å². The van der Waals surface area contributed by atoms with E-state index in [-0.39, 0.29) is 0 Å². The van der Waals surface area contributed by atoms with Crippen LogP contribution in [0.25, 0.3) is 0 Å². The normalized spacial score (nSPS) is 27.2. The van der Waals surface area contributed by atoms with E-state index in [0.29, 0.717) is 12.0 Å². The van der Waals surface area contributed by atoms with E-state index in [1.807, 2.05) is 0 Å². The van der Waals surface area contributed by atoms with Gasteiger partial charge < -0.3 is 10.6 Å². The molecule has 0 spiro atoms. The maximum Gasteiger partial charge on any atom is 0.134 e. The standard InChI is InChI=1S/C14H24N4/c1-5-15-13-11(4)14(17-8-16-13)18-12-7-6-9(2)10(12)3/h8-10,12H,5-7H2,1-4H3,(H2,15,16,17,18). The highest BCUT2D eigenvalue weighted by Crippen LogP contribution is 2.33. The van der Waals surface area contributed by atoms with Crippen molar-refractivity contribution in [3.05, 3.63) is 11.9 Å². The van der Waals surface area contributed by atoms with E-state index in [2.05, 4.69) is 48.3 Å². The number of hydrogen-bond donors (Lipinski definition) is 2. The van der Waals surface area contributed by atoms with Gasteiger partial charge in [-0.15, -0.1) is 0 Å². The van der Waals surface area contributed by atoms with E-state index < -0.39 is 0 Å². The quantitative estimate of drug-likeness (QED) is 0.860. The van der Waals surface area contributed by atoms with Crippen LogP contribution in [0.3, 0.4) is 0 Å². The Morgan fingerprint density at radius 1 is 1.22 bits per heavy atom. The van der Waals surface area contributed by atoms with Crippen LogP contribution >= 0.6 is 0 Å². The number of aromatic nitrogens is 2. The number of nitrogens with zero attached hydrogens (tertiary/aromatic N) is 2. The predicted molar refractivity (Wildman–Crippen MR) is 75.9 cm³/mol. The molecule has 2 rings (SSSR count). The topological polar surface area (TPSA) is 49.8 Å². The van der Waals surface area contributed by atoms with Crippen molar-refractivity contribution in [2.45, 2.75) is 46.6 Å². The molecule has 1 aliphatic rings.